The molecule has 0 bridgehead atoms. The number of aromatic hydroxyl groups is 1. The number of aryl methyl sites for hydroxylation is 1. The van der Waals surface area contributed by atoms with E-state index in [0.29, 0.717) is 38.5 Å². The Morgan fingerprint density at radius 2 is 1.84 bits per heavy atom. The van der Waals surface area contributed by atoms with Crippen LogP contribution in [0.5, 0.6) is 5.75 Å². The highest BCUT2D eigenvalue weighted by Crippen LogP contribution is 2.20. The molecule has 1 heterocycles. The van der Waals surface area contributed by atoms with Gasteiger partial charge in [-0.2, -0.15) is 4.31 Å². The third-order valence-electron chi connectivity index (χ3n) is 3.43. The van der Waals surface area contributed by atoms with Crippen LogP contribution in [0.1, 0.15) is 11.1 Å². The zero-order chi connectivity index (χ0) is 14.0. The number of hydrogen-bond donors (Lipinski definition) is 1. The molecule has 1 aromatic carbocycles. The highest BCUT2D eigenvalue weighted by Gasteiger charge is 2.23. The minimum Gasteiger partial charge on any atom is -0.508 e. The number of sulfonamides is 1. The van der Waals surface area contributed by atoms with Gasteiger partial charge in [-0.15, -0.1) is 0 Å². The third kappa shape index (κ3) is 3.68. The predicted molar refractivity (Wildman–Crippen MR) is 74.5 cm³/mol. The average Bonchev–Trinajstić information content (AvgIpc) is 2.33. The Balaban J connectivity index is 1.98. The van der Waals surface area contributed by atoms with Crippen LogP contribution in [0.3, 0.4) is 0 Å². The number of piperazine rings is 1. The van der Waals surface area contributed by atoms with Crippen LogP contribution in [0.25, 0.3) is 0 Å². The maximum atomic E-state index is 11.4. The summed E-state index contributed by atoms with van der Waals surface area (Å²) in [4.78, 5) is 2.16. The molecule has 2 rings (SSSR count). The van der Waals surface area contributed by atoms with Crippen molar-refractivity contribution in [2.24, 2.45) is 0 Å². The van der Waals surface area contributed by atoms with Gasteiger partial charge in [0.15, 0.2) is 0 Å². The Labute approximate surface area is 114 Å². The minimum absolute atomic E-state index is 0.302. The van der Waals surface area contributed by atoms with E-state index in [9.17, 15) is 13.5 Å². The molecule has 106 valence electrons. The van der Waals surface area contributed by atoms with Crippen molar-refractivity contribution in [2.75, 3.05) is 32.4 Å². The molecule has 0 spiro atoms. The molecule has 1 aliphatic heterocycles. The maximum Gasteiger partial charge on any atom is 0.211 e. The standard InChI is InChI=1S/C13H20N2O3S/c1-11-3-4-13(16)12(9-11)10-14-5-7-15(8-6-14)19(2,17)18/h3-4,9,16H,5-8,10H2,1-2H3. The number of benzene rings is 1. The van der Waals surface area contributed by atoms with E-state index >= 15 is 0 Å². The second-order valence-electron chi connectivity index (χ2n) is 5.07. The Kier molecular flexibility index (Phi) is 4.13. The van der Waals surface area contributed by atoms with Gasteiger partial charge in [-0.25, -0.2) is 8.42 Å². The zero-order valence-electron chi connectivity index (χ0n) is 11.3. The molecule has 1 aliphatic rings. The first-order valence-corrected chi connectivity index (χ1v) is 8.17. The van der Waals surface area contributed by atoms with Crippen LogP contribution in [0.15, 0.2) is 18.2 Å². The molecular formula is C13H20N2O3S. The molecule has 19 heavy (non-hydrogen) atoms. The topological polar surface area (TPSA) is 60.9 Å². The SMILES string of the molecule is Cc1ccc(O)c(CN2CCN(S(C)(=O)=O)CC2)c1. The van der Waals surface area contributed by atoms with E-state index in [0.717, 1.165) is 11.1 Å². The van der Waals surface area contributed by atoms with Gasteiger partial charge in [-0.05, 0) is 13.0 Å². The van der Waals surface area contributed by atoms with Crippen LogP contribution in [-0.2, 0) is 16.6 Å². The fraction of sp³-hybridized carbons (Fsp3) is 0.538. The molecule has 1 saturated heterocycles. The molecule has 0 unspecified atom stereocenters. The number of nitrogens with zero attached hydrogens (tertiary/aromatic N) is 2. The molecular weight excluding hydrogens is 264 g/mol. The van der Waals surface area contributed by atoms with E-state index in [-0.39, 0.29) is 0 Å². The molecule has 0 aromatic heterocycles. The molecule has 0 amide bonds. The quantitative estimate of drug-likeness (QED) is 0.891. The summed E-state index contributed by atoms with van der Waals surface area (Å²) in [5.41, 5.74) is 2.01. The third-order valence-corrected chi connectivity index (χ3v) is 4.73. The maximum absolute atomic E-state index is 11.4. The molecule has 1 aromatic rings. The van der Waals surface area contributed by atoms with E-state index in [2.05, 4.69) is 4.90 Å². The van der Waals surface area contributed by atoms with E-state index in [1.807, 2.05) is 19.1 Å². The van der Waals surface area contributed by atoms with E-state index < -0.39 is 10.0 Å². The molecule has 0 aliphatic carbocycles. The van der Waals surface area contributed by atoms with Gasteiger partial charge in [0, 0.05) is 38.3 Å². The first-order chi connectivity index (χ1) is 8.86. The van der Waals surface area contributed by atoms with Gasteiger partial charge >= 0.3 is 0 Å². The Hall–Kier alpha value is -1.11. The number of hydrogen-bond acceptors (Lipinski definition) is 4. The van der Waals surface area contributed by atoms with Gasteiger partial charge in [0.25, 0.3) is 0 Å². The van der Waals surface area contributed by atoms with Gasteiger partial charge in [-0.3, -0.25) is 4.90 Å². The Morgan fingerprint density at radius 1 is 1.21 bits per heavy atom. The molecule has 0 atom stereocenters. The predicted octanol–water partition coefficient (Wildman–Crippen LogP) is 0.778. The lowest BCUT2D eigenvalue weighted by atomic mass is 10.1. The van der Waals surface area contributed by atoms with Crippen LogP contribution in [0.2, 0.25) is 0 Å². The fourth-order valence-corrected chi connectivity index (χ4v) is 3.13. The van der Waals surface area contributed by atoms with Crippen molar-refractivity contribution >= 4 is 10.0 Å². The van der Waals surface area contributed by atoms with Crippen LogP contribution < -0.4 is 0 Å². The Bertz CT molecular complexity index is 549. The van der Waals surface area contributed by atoms with Gasteiger partial charge in [0.05, 0.1) is 6.26 Å². The second kappa shape index (κ2) is 5.48. The zero-order valence-corrected chi connectivity index (χ0v) is 12.2. The molecule has 6 heteroatoms. The summed E-state index contributed by atoms with van der Waals surface area (Å²) >= 11 is 0. The summed E-state index contributed by atoms with van der Waals surface area (Å²) in [6, 6.07) is 5.55. The van der Waals surface area contributed by atoms with Gasteiger partial charge in [-0.1, -0.05) is 17.7 Å². The lowest BCUT2D eigenvalue weighted by Gasteiger charge is -2.33. The number of rotatable bonds is 3. The van der Waals surface area contributed by atoms with Crippen molar-refractivity contribution in [2.45, 2.75) is 13.5 Å². The summed E-state index contributed by atoms with van der Waals surface area (Å²) < 4.78 is 24.3. The lowest BCUT2D eigenvalue weighted by Crippen LogP contribution is -2.47. The molecule has 0 radical (unpaired) electrons. The van der Waals surface area contributed by atoms with Gasteiger partial charge < -0.3 is 5.11 Å². The van der Waals surface area contributed by atoms with Crippen LogP contribution in [-0.4, -0.2) is 55.2 Å². The molecule has 5 nitrogen and oxygen atoms in total. The minimum atomic E-state index is -3.08. The largest absolute Gasteiger partial charge is 0.508 e. The smallest absolute Gasteiger partial charge is 0.211 e. The van der Waals surface area contributed by atoms with Crippen molar-refractivity contribution in [3.8, 4) is 5.75 Å². The second-order valence-corrected chi connectivity index (χ2v) is 7.05. The Morgan fingerprint density at radius 3 is 2.42 bits per heavy atom. The summed E-state index contributed by atoms with van der Waals surface area (Å²) in [5.74, 6) is 0.302. The van der Waals surface area contributed by atoms with Crippen LogP contribution in [0, 0.1) is 6.92 Å². The van der Waals surface area contributed by atoms with E-state index in [4.69, 9.17) is 0 Å². The highest BCUT2D eigenvalue weighted by atomic mass is 32.2. The van der Waals surface area contributed by atoms with Crippen molar-refractivity contribution in [1.29, 1.82) is 0 Å². The lowest BCUT2D eigenvalue weighted by molar-refractivity contribution is 0.180. The van der Waals surface area contributed by atoms with Crippen molar-refractivity contribution < 1.29 is 13.5 Å². The van der Waals surface area contributed by atoms with Crippen molar-refractivity contribution in [1.82, 2.24) is 9.21 Å². The monoisotopic (exact) mass is 284 g/mol. The number of phenolic OH excluding ortho intramolecular Hbond substituents is 1. The van der Waals surface area contributed by atoms with Crippen LogP contribution >= 0.6 is 0 Å². The van der Waals surface area contributed by atoms with E-state index in [1.54, 1.807) is 6.07 Å². The van der Waals surface area contributed by atoms with Gasteiger partial charge in [0.1, 0.15) is 5.75 Å². The van der Waals surface area contributed by atoms with Gasteiger partial charge in [0.2, 0.25) is 10.0 Å². The summed E-state index contributed by atoms with van der Waals surface area (Å²) in [6.45, 7) is 5.08. The fourth-order valence-electron chi connectivity index (χ4n) is 2.30. The summed E-state index contributed by atoms with van der Waals surface area (Å²) in [5, 5.41) is 9.81. The highest BCUT2D eigenvalue weighted by molar-refractivity contribution is 7.88. The molecule has 0 saturated carbocycles. The van der Waals surface area contributed by atoms with E-state index in [1.165, 1.54) is 10.6 Å². The normalized spacial score (nSPS) is 18.6. The molecule has 1 fully saturated rings. The summed E-state index contributed by atoms with van der Waals surface area (Å²) in [6.07, 6.45) is 1.25. The van der Waals surface area contributed by atoms with Crippen molar-refractivity contribution in [3.05, 3.63) is 29.3 Å². The summed E-state index contributed by atoms with van der Waals surface area (Å²) in [7, 11) is -3.08. The van der Waals surface area contributed by atoms with Crippen molar-refractivity contribution in [3.63, 3.8) is 0 Å². The number of phenols is 1. The molecule has 1 N–H and O–H groups in total. The average molecular weight is 284 g/mol. The van der Waals surface area contributed by atoms with Crippen LogP contribution in [0.4, 0.5) is 0 Å². The first-order valence-electron chi connectivity index (χ1n) is 6.32. The first kappa shape index (κ1) is 14.3.